The fourth-order valence-corrected chi connectivity index (χ4v) is 3.40. The van der Waals surface area contributed by atoms with Crippen LogP contribution in [0.1, 0.15) is 11.4 Å². The lowest BCUT2D eigenvalue weighted by atomic mass is 10.2. The number of ether oxygens (including phenoxy) is 1. The number of fused-ring (bicyclic) bond motifs is 1. The van der Waals surface area contributed by atoms with Crippen LogP contribution in [0.2, 0.25) is 5.02 Å². The molecule has 0 unspecified atom stereocenters. The van der Waals surface area contributed by atoms with E-state index < -0.39 is 0 Å². The topological polar surface area (TPSA) is 98.8 Å². The lowest BCUT2D eigenvalue weighted by Gasteiger charge is -2.11. The van der Waals surface area contributed by atoms with Crippen molar-refractivity contribution in [2.75, 3.05) is 7.11 Å². The van der Waals surface area contributed by atoms with Crippen LogP contribution in [0.15, 0.2) is 64.6 Å². The molecule has 8 heteroatoms. The Morgan fingerprint density at radius 1 is 1.32 bits per heavy atom. The number of rotatable bonds is 5. The van der Waals surface area contributed by atoms with Crippen molar-refractivity contribution in [2.24, 2.45) is 10.9 Å². The lowest BCUT2D eigenvalue weighted by Crippen LogP contribution is -2.16. The number of hydrogen-bond donors (Lipinski definition) is 2. The van der Waals surface area contributed by atoms with Crippen LogP contribution in [0.25, 0.3) is 22.2 Å². The summed E-state index contributed by atoms with van der Waals surface area (Å²) in [6.07, 6.45) is 3.31. The SMILES string of the molecule is COc1cc2cc(-c3ccoc3)n(Cc3cccc(C(N)=NO)n3)c2cc1Cl. The van der Waals surface area contributed by atoms with Gasteiger partial charge in [0, 0.05) is 10.9 Å². The molecule has 142 valence electrons. The van der Waals surface area contributed by atoms with Crippen LogP contribution in [-0.2, 0) is 6.54 Å². The Morgan fingerprint density at radius 2 is 2.18 bits per heavy atom. The molecule has 0 spiro atoms. The summed E-state index contributed by atoms with van der Waals surface area (Å²) in [4.78, 5) is 4.49. The first-order chi connectivity index (χ1) is 13.6. The minimum absolute atomic E-state index is 0.0398. The van der Waals surface area contributed by atoms with E-state index in [4.69, 9.17) is 31.7 Å². The van der Waals surface area contributed by atoms with Gasteiger partial charge < -0.3 is 24.7 Å². The molecular weight excluding hydrogens is 380 g/mol. The smallest absolute Gasteiger partial charge is 0.188 e. The van der Waals surface area contributed by atoms with Gasteiger partial charge in [0.05, 0.1) is 48.1 Å². The molecule has 0 atom stereocenters. The van der Waals surface area contributed by atoms with Gasteiger partial charge in [-0.05, 0) is 36.4 Å². The molecule has 3 heterocycles. The fraction of sp³-hybridized carbons (Fsp3) is 0.100. The van der Waals surface area contributed by atoms with Gasteiger partial charge in [-0.15, -0.1) is 0 Å². The van der Waals surface area contributed by atoms with Crippen LogP contribution < -0.4 is 10.5 Å². The van der Waals surface area contributed by atoms with Crippen LogP contribution in [0.4, 0.5) is 0 Å². The fourth-order valence-electron chi connectivity index (χ4n) is 3.16. The first-order valence-electron chi connectivity index (χ1n) is 8.44. The minimum atomic E-state index is -0.0398. The highest BCUT2D eigenvalue weighted by atomic mass is 35.5. The highest BCUT2D eigenvalue weighted by Gasteiger charge is 2.16. The van der Waals surface area contributed by atoms with Crippen molar-refractivity contribution in [1.29, 1.82) is 0 Å². The predicted octanol–water partition coefficient (Wildman–Crippen LogP) is 4.10. The third-order valence-corrected chi connectivity index (χ3v) is 4.78. The Hall–Kier alpha value is -3.45. The summed E-state index contributed by atoms with van der Waals surface area (Å²) in [5.74, 6) is 0.569. The zero-order valence-electron chi connectivity index (χ0n) is 15.0. The van der Waals surface area contributed by atoms with E-state index >= 15 is 0 Å². The Kier molecular flexibility index (Phi) is 4.67. The van der Waals surface area contributed by atoms with E-state index in [2.05, 4.69) is 14.7 Å². The summed E-state index contributed by atoms with van der Waals surface area (Å²) in [5.41, 5.74) is 9.63. The van der Waals surface area contributed by atoms with Gasteiger partial charge in [-0.3, -0.25) is 0 Å². The number of aromatic nitrogens is 2. The van der Waals surface area contributed by atoms with Crippen LogP contribution in [-0.4, -0.2) is 27.7 Å². The number of hydrogen-bond acceptors (Lipinski definition) is 5. The Morgan fingerprint density at radius 3 is 2.89 bits per heavy atom. The van der Waals surface area contributed by atoms with Crippen molar-refractivity contribution in [3.05, 3.63) is 71.4 Å². The number of pyridine rings is 1. The molecule has 0 aliphatic carbocycles. The summed E-state index contributed by atoms with van der Waals surface area (Å²) < 4.78 is 12.7. The maximum absolute atomic E-state index is 8.91. The Labute approximate surface area is 165 Å². The van der Waals surface area contributed by atoms with E-state index in [9.17, 15) is 0 Å². The highest BCUT2D eigenvalue weighted by molar-refractivity contribution is 6.32. The molecule has 4 rings (SSSR count). The standard InChI is InChI=1S/C20H17ClN4O3/c1-27-19-8-13-7-17(12-5-6-28-11-12)25(18(13)9-15(19)21)10-14-3-2-4-16(23-14)20(22)24-26/h2-9,11,26H,10H2,1H3,(H2,22,24). The van der Waals surface area contributed by atoms with Gasteiger partial charge in [0.2, 0.25) is 0 Å². The number of furan rings is 1. The van der Waals surface area contributed by atoms with Gasteiger partial charge in [-0.2, -0.15) is 0 Å². The molecule has 0 radical (unpaired) electrons. The first-order valence-corrected chi connectivity index (χ1v) is 8.81. The average molecular weight is 397 g/mol. The molecule has 0 saturated carbocycles. The van der Waals surface area contributed by atoms with Crippen LogP contribution in [0, 0.1) is 0 Å². The quantitative estimate of drug-likeness (QED) is 0.229. The summed E-state index contributed by atoms with van der Waals surface area (Å²) >= 11 is 6.37. The zero-order valence-corrected chi connectivity index (χ0v) is 15.7. The van der Waals surface area contributed by atoms with Crippen molar-refractivity contribution < 1.29 is 14.4 Å². The second kappa shape index (κ2) is 7.28. The summed E-state index contributed by atoms with van der Waals surface area (Å²) in [7, 11) is 1.59. The molecule has 0 fully saturated rings. The van der Waals surface area contributed by atoms with Crippen LogP contribution in [0.5, 0.6) is 5.75 Å². The summed E-state index contributed by atoms with van der Waals surface area (Å²) in [6, 6.07) is 13.1. The van der Waals surface area contributed by atoms with Crippen molar-refractivity contribution in [3.63, 3.8) is 0 Å². The zero-order chi connectivity index (χ0) is 19.7. The van der Waals surface area contributed by atoms with Crippen molar-refractivity contribution in [1.82, 2.24) is 9.55 Å². The van der Waals surface area contributed by atoms with Crippen LogP contribution in [0.3, 0.4) is 0 Å². The monoisotopic (exact) mass is 396 g/mol. The van der Waals surface area contributed by atoms with Gasteiger partial charge in [0.15, 0.2) is 5.84 Å². The van der Waals surface area contributed by atoms with E-state index in [0.29, 0.717) is 23.0 Å². The molecule has 0 saturated heterocycles. The van der Waals surface area contributed by atoms with E-state index in [1.54, 1.807) is 25.7 Å². The number of nitrogens with two attached hydrogens (primary N) is 1. The Bertz CT molecular complexity index is 1170. The first kappa shape index (κ1) is 17.9. The number of benzene rings is 1. The van der Waals surface area contributed by atoms with Crippen molar-refractivity contribution >= 4 is 28.3 Å². The van der Waals surface area contributed by atoms with Gasteiger partial charge in [0.25, 0.3) is 0 Å². The molecule has 7 nitrogen and oxygen atoms in total. The maximum Gasteiger partial charge on any atom is 0.188 e. The number of methoxy groups -OCH3 is 1. The van der Waals surface area contributed by atoms with E-state index in [1.165, 1.54) is 0 Å². The number of oxime groups is 1. The highest BCUT2D eigenvalue weighted by Crippen LogP contribution is 2.35. The Balaban J connectivity index is 1.87. The van der Waals surface area contributed by atoms with E-state index in [1.807, 2.05) is 36.4 Å². The molecule has 0 amide bonds. The van der Waals surface area contributed by atoms with E-state index in [-0.39, 0.29) is 5.84 Å². The average Bonchev–Trinajstić information content (AvgIpc) is 3.35. The molecule has 0 aliphatic rings. The van der Waals surface area contributed by atoms with Crippen molar-refractivity contribution in [2.45, 2.75) is 6.54 Å². The molecular formula is C20H17ClN4O3. The number of halogens is 1. The molecule has 4 aromatic rings. The van der Waals surface area contributed by atoms with Crippen LogP contribution >= 0.6 is 11.6 Å². The third kappa shape index (κ3) is 3.16. The third-order valence-electron chi connectivity index (χ3n) is 4.49. The van der Waals surface area contributed by atoms with Crippen molar-refractivity contribution in [3.8, 4) is 17.0 Å². The molecule has 0 aliphatic heterocycles. The maximum atomic E-state index is 8.91. The molecule has 3 N–H and O–H groups in total. The minimum Gasteiger partial charge on any atom is -0.495 e. The largest absolute Gasteiger partial charge is 0.495 e. The summed E-state index contributed by atoms with van der Waals surface area (Å²) in [6.45, 7) is 0.458. The van der Waals surface area contributed by atoms with Gasteiger partial charge in [0.1, 0.15) is 11.4 Å². The summed E-state index contributed by atoms with van der Waals surface area (Å²) in [5, 5.41) is 13.4. The molecule has 3 aromatic heterocycles. The predicted molar refractivity (Wildman–Crippen MR) is 107 cm³/mol. The normalized spacial score (nSPS) is 11.9. The van der Waals surface area contributed by atoms with E-state index in [0.717, 1.165) is 27.9 Å². The molecule has 1 aromatic carbocycles. The number of nitrogens with zero attached hydrogens (tertiary/aromatic N) is 3. The lowest BCUT2D eigenvalue weighted by molar-refractivity contribution is 0.318. The second-order valence-electron chi connectivity index (χ2n) is 6.17. The van der Waals surface area contributed by atoms with Gasteiger partial charge in [-0.25, -0.2) is 4.98 Å². The number of amidine groups is 1. The van der Waals surface area contributed by atoms with Gasteiger partial charge >= 0.3 is 0 Å². The second-order valence-corrected chi connectivity index (χ2v) is 6.58. The van der Waals surface area contributed by atoms with Gasteiger partial charge in [-0.1, -0.05) is 22.8 Å². The molecule has 0 bridgehead atoms. The molecule has 28 heavy (non-hydrogen) atoms.